The van der Waals surface area contributed by atoms with Crippen molar-refractivity contribution in [3.8, 4) is 22.8 Å². The van der Waals surface area contributed by atoms with Crippen molar-refractivity contribution < 1.29 is 38.0 Å². The van der Waals surface area contributed by atoms with Crippen LogP contribution in [0.25, 0.3) is 11.3 Å². The highest BCUT2D eigenvalue weighted by atomic mass is 32.2. The number of pyridine rings is 1. The van der Waals surface area contributed by atoms with Crippen LogP contribution in [0.5, 0.6) is 11.5 Å². The molecule has 0 unspecified atom stereocenters. The Morgan fingerprint density at radius 3 is 2.41 bits per heavy atom. The standard InChI is InChI=1S/C17H16F3NO5S/c18-17(19,20)26-10-5-3-9(4-6-10)13-12(2-1-7-21-13)25-16-15(24)14(23)11(22)8-27-16/h1-7,11,14-16,22-24H,8H2/t11-,14+,15-,16-/m1/s1. The van der Waals surface area contributed by atoms with Crippen molar-refractivity contribution in [2.75, 3.05) is 5.75 Å². The molecule has 4 atom stereocenters. The van der Waals surface area contributed by atoms with Crippen LogP contribution in [0.4, 0.5) is 13.2 Å². The van der Waals surface area contributed by atoms with Crippen molar-refractivity contribution in [3.63, 3.8) is 0 Å². The smallest absolute Gasteiger partial charge is 0.475 e. The van der Waals surface area contributed by atoms with Crippen molar-refractivity contribution in [2.24, 2.45) is 0 Å². The van der Waals surface area contributed by atoms with Gasteiger partial charge in [0.25, 0.3) is 0 Å². The molecule has 0 saturated carbocycles. The van der Waals surface area contributed by atoms with Crippen molar-refractivity contribution in [1.82, 2.24) is 4.98 Å². The van der Waals surface area contributed by atoms with E-state index < -0.39 is 30.1 Å². The zero-order valence-electron chi connectivity index (χ0n) is 13.7. The van der Waals surface area contributed by atoms with Gasteiger partial charge in [-0.1, -0.05) is 0 Å². The molecule has 1 aliphatic rings. The number of thioether (sulfide) groups is 1. The van der Waals surface area contributed by atoms with Gasteiger partial charge in [-0.25, -0.2) is 0 Å². The Morgan fingerprint density at radius 2 is 1.74 bits per heavy atom. The number of nitrogens with zero attached hydrogens (tertiary/aromatic N) is 1. The number of hydrogen-bond donors (Lipinski definition) is 3. The van der Waals surface area contributed by atoms with E-state index in [0.29, 0.717) is 11.3 Å². The monoisotopic (exact) mass is 403 g/mol. The van der Waals surface area contributed by atoms with E-state index in [1.54, 1.807) is 12.1 Å². The largest absolute Gasteiger partial charge is 0.573 e. The molecule has 1 saturated heterocycles. The van der Waals surface area contributed by atoms with E-state index in [2.05, 4.69) is 9.72 Å². The summed E-state index contributed by atoms with van der Waals surface area (Å²) < 4.78 is 46.4. The molecule has 0 aliphatic carbocycles. The molecule has 10 heteroatoms. The zero-order chi connectivity index (χ0) is 19.6. The lowest BCUT2D eigenvalue weighted by atomic mass is 10.1. The summed E-state index contributed by atoms with van der Waals surface area (Å²) in [7, 11) is 0. The van der Waals surface area contributed by atoms with Gasteiger partial charge in [-0.2, -0.15) is 0 Å². The highest BCUT2D eigenvalue weighted by molar-refractivity contribution is 7.99. The number of aliphatic hydroxyl groups excluding tert-OH is 3. The molecule has 2 aromatic rings. The Balaban J connectivity index is 1.80. The molecule has 3 N–H and O–H groups in total. The van der Waals surface area contributed by atoms with Gasteiger partial charge in [0.05, 0.1) is 6.10 Å². The molecule has 0 bridgehead atoms. The van der Waals surface area contributed by atoms with Crippen molar-refractivity contribution >= 4 is 11.8 Å². The van der Waals surface area contributed by atoms with Gasteiger partial charge in [0.2, 0.25) is 0 Å². The maximum atomic E-state index is 12.3. The fourth-order valence-corrected chi connectivity index (χ4v) is 3.64. The average Bonchev–Trinajstić information content (AvgIpc) is 2.62. The number of halogens is 3. The minimum Gasteiger partial charge on any atom is -0.475 e. The molecule has 3 rings (SSSR count). The first kappa shape index (κ1) is 19.7. The van der Waals surface area contributed by atoms with Gasteiger partial charge < -0.3 is 24.8 Å². The fourth-order valence-electron chi connectivity index (χ4n) is 2.53. The molecule has 27 heavy (non-hydrogen) atoms. The first-order valence-corrected chi connectivity index (χ1v) is 8.93. The van der Waals surface area contributed by atoms with Crippen LogP contribution in [0.2, 0.25) is 0 Å². The number of benzene rings is 1. The lowest BCUT2D eigenvalue weighted by Gasteiger charge is -2.34. The number of aliphatic hydroxyl groups is 3. The summed E-state index contributed by atoms with van der Waals surface area (Å²) in [6.45, 7) is 0. The second-order valence-electron chi connectivity index (χ2n) is 5.79. The van der Waals surface area contributed by atoms with Crippen LogP contribution in [0.1, 0.15) is 0 Å². The van der Waals surface area contributed by atoms with E-state index in [-0.39, 0.29) is 17.3 Å². The van der Waals surface area contributed by atoms with E-state index in [1.807, 2.05) is 0 Å². The normalized spacial score (nSPS) is 25.9. The second kappa shape index (κ2) is 7.93. The first-order valence-electron chi connectivity index (χ1n) is 7.88. The van der Waals surface area contributed by atoms with Crippen LogP contribution < -0.4 is 9.47 Å². The van der Waals surface area contributed by atoms with Crippen LogP contribution in [0.3, 0.4) is 0 Å². The van der Waals surface area contributed by atoms with Crippen molar-refractivity contribution in [1.29, 1.82) is 0 Å². The second-order valence-corrected chi connectivity index (χ2v) is 6.92. The fraction of sp³-hybridized carbons (Fsp3) is 0.353. The maximum Gasteiger partial charge on any atom is 0.573 e. The number of aromatic nitrogens is 1. The van der Waals surface area contributed by atoms with Crippen molar-refractivity contribution in [2.45, 2.75) is 30.1 Å². The Hall–Kier alpha value is -2.01. The maximum absolute atomic E-state index is 12.3. The lowest BCUT2D eigenvalue weighted by Crippen LogP contribution is -2.50. The molecular weight excluding hydrogens is 387 g/mol. The molecular formula is C17H16F3NO5S. The van der Waals surface area contributed by atoms with Gasteiger partial charge >= 0.3 is 6.36 Å². The Kier molecular flexibility index (Phi) is 5.80. The van der Waals surface area contributed by atoms with E-state index in [1.165, 1.54) is 18.3 Å². The van der Waals surface area contributed by atoms with Gasteiger partial charge in [-0.15, -0.1) is 24.9 Å². The molecule has 2 heterocycles. The Morgan fingerprint density at radius 1 is 1.04 bits per heavy atom. The summed E-state index contributed by atoms with van der Waals surface area (Å²) >= 11 is 1.14. The van der Waals surface area contributed by atoms with Gasteiger partial charge in [-0.05, 0) is 36.4 Å². The van der Waals surface area contributed by atoms with Crippen LogP contribution in [0, 0.1) is 0 Å². The van der Waals surface area contributed by atoms with Gasteiger partial charge in [-0.3, -0.25) is 4.98 Å². The zero-order valence-corrected chi connectivity index (χ0v) is 14.5. The third kappa shape index (κ3) is 4.83. The summed E-state index contributed by atoms with van der Waals surface area (Å²) in [5.74, 6) is 0.101. The van der Waals surface area contributed by atoms with E-state index >= 15 is 0 Å². The minimum atomic E-state index is -4.78. The van der Waals surface area contributed by atoms with E-state index in [4.69, 9.17) is 4.74 Å². The summed E-state index contributed by atoms with van der Waals surface area (Å²) in [6, 6.07) is 8.31. The molecule has 0 radical (unpaired) electrons. The Bertz CT molecular complexity index is 774. The highest BCUT2D eigenvalue weighted by Gasteiger charge is 2.39. The molecule has 0 spiro atoms. The molecule has 0 amide bonds. The molecule has 1 aromatic carbocycles. The van der Waals surface area contributed by atoms with Gasteiger partial charge in [0.15, 0.2) is 5.44 Å². The van der Waals surface area contributed by atoms with Crippen LogP contribution in [0.15, 0.2) is 42.6 Å². The number of rotatable bonds is 4. The summed E-state index contributed by atoms with van der Waals surface area (Å²) in [5, 5.41) is 29.4. The van der Waals surface area contributed by atoms with Crippen LogP contribution in [-0.2, 0) is 0 Å². The minimum absolute atomic E-state index is 0.183. The SMILES string of the molecule is O[C@@H]1[C@@H](O)[C@H](Oc2cccnc2-c2ccc(OC(F)(F)F)cc2)SC[C@H]1O. The number of ether oxygens (including phenoxy) is 2. The first-order chi connectivity index (χ1) is 12.7. The topological polar surface area (TPSA) is 92.0 Å². The average molecular weight is 403 g/mol. The number of alkyl halides is 3. The quantitative estimate of drug-likeness (QED) is 0.721. The molecule has 146 valence electrons. The third-order valence-electron chi connectivity index (χ3n) is 3.83. The summed E-state index contributed by atoms with van der Waals surface area (Å²) in [6.07, 6.45) is -6.99. The van der Waals surface area contributed by atoms with Crippen LogP contribution >= 0.6 is 11.8 Å². The van der Waals surface area contributed by atoms with Crippen molar-refractivity contribution in [3.05, 3.63) is 42.6 Å². The van der Waals surface area contributed by atoms with Gasteiger partial charge in [0.1, 0.15) is 29.4 Å². The lowest BCUT2D eigenvalue weighted by molar-refractivity contribution is -0.274. The molecule has 1 aliphatic heterocycles. The van der Waals surface area contributed by atoms with E-state index in [0.717, 1.165) is 23.9 Å². The van der Waals surface area contributed by atoms with Gasteiger partial charge in [0, 0.05) is 17.5 Å². The summed E-state index contributed by atoms with van der Waals surface area (Å²) in [5.41, 5.74) is -0.000312. The highest BCUT2D eigenvalue weighted by Crippen LogP contribution is 2.34. The third-order valence-corrected chi connectivity index (χ3v) is 5.07. The summed E-state index contributed by atoms with van der Waals surface area (Å²) in [4.78, 5) is 4.19. The molecule has 1 aromatic heterocycles. The predicted molar refractivity (Wildman–Crippen MR) is 91.3 cm³/mol. The van der Waals surface area contributed by atoms with Crippen LogP contribution in [-0.4, -0.2) is 56.2 Å². The van der Waals surface area contributed by atoms with E-state index in [9.17, 15) is 28.5 Å². The predicted octanol–water partition coefficient (Wildman–Crippen LogP) is 2.18. The number of hydrogen-bond acceptors (Lipinski definition) is 7. The molecule has 1 fully saturated rings. The molecule has 6 nitrogen and oxygen atoms in total. The Labute approximate surface area is 156 Å².